The van der Waals surface area contributed by atoms with Gasteiger partial charge in [-0.15, -0.1) is 0 Å². The lowest BCUT2D eigenvalue weighted by Gasteiger charge is -2.11. The molecule has 4 rings (SSSR count). The number of carbonyl (C=O) groups excluding carboxylic acids is 1. The van der Waals surface area contributed by atoms with Crippen molar-refractivity contribution in [2.45, 2.75) is 12.5 Å². The van der Waals surface area contributed by atoms with Gasteiger partial charge in [0.15, 0.2) is 17.0 Å². The van der Waals surface area contributed by atoms with E-state index in [1.165, 1.54) is 12.1 Å². The molecule has 1 aliphatic heterocycles. The molecule has 0 amide bonds. The second-order valence-electron chi connectivity index (χ2n) is 5.67. The SMILES string of the molecule is O=C([O-])c1ccc(Nc2nc(Cl)nc3c2ncn3C2CCOC2)cc1. The second-order valence-corrected chi connectivity index (χ2v) is 6.01. The van der Waals surface area contributed by atoms with E-state index in [-0.39, 0.29) is 16.9 Å². The molecule has 0 radical (unpaired) electrons. The Kier molecular flexibility index (Phi) is 3.98. The van der Waals surface area contributed by atoms with Crippen molar-refractivity contribution in [1.29, 1.82) is 0 Å². The molecule has 0 spiro atoms. The minimum atomic E-state index is -1.23. The Bertz CT molecular complexity index is 935. The smallest absolute Gasteiger partial charge is 0.226 e. The Morgan fingerprint density at radius 1 is 1.32 bits per heavy atom. The molecule has 1 atom stereocenters. The zero-order valence-electron chi connectivity index (χ0n) is 13.0. The van der Waals surface area contributed by atoms with Gasteiger partial charge < -0.3 is 24.5 Å². The number of ether oxygens (including phenoxy) is 1. The van der Waals surface area contributed by atoms with Crippen LogP contribution < -0.4 is 10.4 Å². The molecule has 25 heavy (non-hydrogen) atoms. The summed E-state index contributed by atoms with van der Waals surface area (Å²) in [5.74, 6) is -0.773. The van der Waals surface area contributed by atoms with E-state index >= 15 is 0 Å². The van der Waals surface area contributed by atoms with Crippen molar-refractivity contribution >= 4 is 40.2 Å². The van der Waals surface area contributed by atoms with E-state index in [0.717, 1.165) is 6.42 Å². The molecular formula is C16H13ClN5O3-. The molecular weight excluding hydrogens is 346 g/mol. The number of benzene rings is 1. The first-order valence-corrected chi connectivity index (χ1v) is 8.06. The lowest BCUT2D eigenvalue weighted by molar-refractivity contribution is -0.255. The maximum Gasteiger partial charge on any atom is 0.226 e. The van der Waals surface area contributed by atoms with Crippen LogP contribution in [0.15, 0.2) is 30.6 Å². The van der Waals surface area contributed by atoms with Crippen molar-refractivity contribution in [3.63, 3.8) is 0 Å². The third-order valence-corrected chi connectivity index (χ3v) is 4.25. The van der Waals surface area contributed by atoms with Gasteiger partial charge in [-0.05, 0) is 35.7 Å². The summed E-state index contributed by atoms with van der Waals surface area (Å²) in [5.41, 5.74) is 1.96. The zero-order chi connectivity index (χ0) is 17.4. The standard InChI is InChI=1S/C16H14ClN5O3/c17-16-20-13(19-10-3-1-9(2-4-10)15(23)24)12-14(21-16)22(8-18-12)11-5-6-25-7-11/h1-4,8,11H,5-7H2,(H,23,24)(H,19,20,21)/p-1. The maximum absolute atomic E-state index is 10.8. The van der Waals surface area contributed by atoms with Crippen LogP contribution in [0.1, 0.15) is 22.8 Å². The highest BCUT2D eigenvalue weighted by molar-refractivity contribution is 6.28. The number of carbonyl (C=O) groups is 1. The van der Waals surface area contributed by atoms with Gasteiger partial charge in [0.25, 0.3) is 0 Å². The van der Waals surface area contributed by atoms with Crippen LogP contribution in [0.3, 0.4) is 0 Å². The van der Waals surface area contributed by atoms with Gasteiger partial charge in [0.1, 0.15) is 0 Å². The summed E-state index contributed by atoms with van der Waals surface area (Å²) in [4.78, 5) is 23.7. The van der Waals surface area contributed by atoms with Crippen molar-refractivity contribution in [2.24, 2.45) is 0 Å². The number of aromatic nitrogens is 4. The summed E-state index contributed by atoms with van der Waals surface area (Å²) in [6, 6.07) is 6.31. The summed E-state index contributed by atoms with van der Waals surface area (Å²) >= 11 is 6.07. The molecule has 9 heteroatoms. The number of hydrogen-bond donors (Lipinski definition) is 1. The first-order chi connectivity index (χ1) is 12.1. The highest BCUT2D eigenvalue weighted by Gasteiger charge is 2.22. The fourth-order valence-corrected chi connectivity index (χ4v) is 2.98. The van der Waals surface area contributed by atoms with Crippen LogP contribution in [-0.2, 0) is 4.74 Å². The topological polar surface area (TPSA) is 105 Å². The number of hydrogen-bond acceptors (Lipinski definition) is 7. The fourth-order valence-electron chi connectivity index (χ4n) is 2.81. The second kappa shape index (κ2) is 6.30. The molecule has 0 aliphatic carbocycles. The number of imidazole rings is 1. The number of nitrogens with one attached hydrogen (secondary N) is 1. The van der Waals surface area contributed by atoms with Crippen LogP contribution in [-0.4, -0.2) is 38.7 Å². The Balaban J connectivity index is 1.70. The lowest BCUT2D eigenvalue weighted by Crippen LogP contribution is -2.21. The van der Waals surface area contributed by atoms with E-state index in [0.29, 0.717) is 35.9 Å². The van der Waals surface area contributed by atoms with Gasteiger partial charge >= 0.3 is 0 Å². The van der Waals surface area contributed by atoms with Crippen LogP contribution in [0.2, 0.25) is 5.28 Å². The highest BCUT2D eigenvalue weighted by atomic mass is 35.5. The normalized spacial score (nSPS) is 17.1. The number of aromatic carboxylic acids is 1. The molecule has 0 saturated carbocycles. The predicted octanol–water partition coefficient (Wildman–Crippen LogP) is 1.55. The number of rotatable bonds is 4. The third-order valence-electron chi connectivity index (χ3n) is 4.08. The van der Waals surface area contributed by atoms with E-state index < -0.39 is 5.97 Å². The molecule has 1 saturated heterocycles. The van der Waals surface area contributed by atoms with Crippen LogP contribution >= 0.6 is 11.6 Å². The summed E-state index contributed by atoms with van der Waals surface area (Å²) in [7, 11) is 0. The molecule has 3 aromatic rings. The van der Waals surface area contributed by atoms with E-state index in [1.54, 1.807) is 18.5 Å². The average molecular weight is 359 g/mol. The van der Waals surface area contributed by atoms with Gasteiger partial charge in [-0.1, -0.05) is 12.1 Å². The maximum atomic E-state index is 10.8. The van der Waals surface area contributed by atoms with Gasteiger partial charge in [-0.25, -0.2) is 4.98 Å². The van der Waals surface area contributed by atoms with Crippen molar-refractivity contribution in [2.75, 3.05) is 18.5 Å². The quantitative estimate of drug-likeness (QED) is 0.705. The number of carboxylic acids is 1. The minimum absolute atomic E-state index is 0.0990. The zero-order valence-corrected chi connectivity index (χ0v) is 13.7. The van der Waals surface area contributed by atoms with Crippen molar-refractivity contribution in [3.8, 4) is 0 Å². The van der Waals surface area contributed by atoms with Gasteiger partial charge in [0, 0.05) is 12.3 Å². The van der Waals surface area contributed by atoms with E-state index in [9.17, 15) is 9.90 Å². The van der Waals surface area contributed by atoms with Gasteiger partial charge in [-0.3, -0.25) is 0 Å². The molecule has 3 heterocycles. The number of carboxylic acid groups (broad SMARTS) is 1. The molecule has 0 bridgehead atoms. The molecule has 1 unspecified atom stereocenters. The summed E-state index contributed by atoms with van der Waals surface area (Å²) < 4.78 is 7.37. The Hall–Kier alpha value is -2.71. The largest absolute Gasteiger partial charge is 0.545 e. The molecule has 1 aliphatic rings. The van der Waals surface area contributed by atoms with Crippen molar-refractivity contribution < 1.29 is 14.6 Å². The monoisotopic (exact) mass is 358 g/mol. The van der Waals surface area contributed by atoms with E-state index in [1.807, 2.05) is 4.57 Å². The molecule has 128 valence electrons. The highest BCUT2D eigenvalue weighted by Crippen LogP contribution is 2.28. The van der Waals surface area contributed by atoms with Gasteiger partial charge in [0.2, 0.25) is 5.28 Å². The first-order valence-electron chi connectivity index (χ1n) is 7.68. The summed E-state index contributed by atoms with van der Waals surface area (Å²) in [6.45, 7) is 1.32. The molecule has 1 fully saturated rings. The summed E-state index contributed by atoms with van der Waals surface area (Å²) in [6.07, 6.45) is 2.60. The van der Waals surface area contributed by atoms with E-state index in [2.05, 4.69) is 20.3 Å². The number of halogens is 1. The van der Waals surface area contributed by atoms with Gasteiger partial charge in [-0.2, -0.15) is 9.97 Å². The van der Waals surface area contributed by atoms with Crippen molar-refractivity contribution in [1.82, 2.24) is 19.5 Å². The average Bonchev–Trinajstić information content (AvgIpc) is 3.24. The van der Waals surface area contributed by atoms with Crippen LogP contribution in [0.4, 0.5) is 11.5 Å². The molecule has 1 N–H and O–H groups in total. The first kappa shape index (κ1) is 15.8. The number of fused-ring (bicyclic) bond motifs is 1. The lowest BCUT2D eigenvalue weighted by atomic mass is 10.2. The van der Waals surface area contributed by atoms with Crippen LogP contribution in [0.25, 0.3) is 11.2 Å². The van der Waals surface area contributed by atoms with Crippen molar-refractivity contribution in [3.05, 3.63) is 41.4 Å². The van der Waals surface area contributed by atoms with E-state index in [4.69, 9.17) is 16.3 Å². The molecule has 1 aromatic carbocycles. The van der Waals surface area contributed by atoms with Crippen LogP contribution in [0, 0.1) is 0 Å². The molecule has 8 nitrogen and oxygen atoms in total. The predicted molar refractivity (Wildman–Crippen MR) is 88.9 cm³/mol. The summed E-state index contributed by atoms with van der Waals surface area (Å²) in [5, 5.41) is 14.0. The minimum Gasteiger partial charge on any atom is -0.545 e. The van der Waals surface area contributed by atoms with Gasteiger partial charge in [0.05, 0.1) is 24.9 Å². The fraction of sp³-hybridized carbons (Fsp3) is 0.250. The Morgan fingerprint density at radius 3 is 2.80 bits per heavy atom. The Morgan fingerprint density at radius 2 is 2.12 bits per heavy atom. The number of nitrogens with zero attached hydrogens (tertiary/aromatic N) is 4. The third kappa shape index (κ3) is 3.01. The molecule has 2 aromatic heterocycles. The number of anilines is 2. The van der Waals surface area contributed by atoms with Crippen LogP contribution in [0.5, 0.6) is 0 Å². The Labute approximate surface area is 147 Å².